The second kappa shape index (κ2) is 6.69. The molecule has 1 heterocycles. The molecule has 2 rings (SSSR count). The predicted molar refractivity (Wildman–Crippen MR) is 66.1 cm³/mol. The molecule has 4 nitrogen and oxygen atoms in total. The van der Waals surface area contributed by atoms with Crippen molar-refractivity contribution < 1.29 is 14.6 Å². The highest BCUT2D eigenvalue weighted by Crippen LogP contribution is 2.23. The Morgan fingerprint density at radius 1 is 1.35 bits per heavy atom. The largest absolute Gasteiger partial charge is 0.389 e. The van der Waals surface area contributed by atoms with E-state index in [1.165, 1.54) is 19.3 Å². The third-order valence-electron chi connectivity index (χ3n) is 3.83. The molecule has 0 aromatic rings. The van der Waals surface area contributed by atoms with Crippen LogP contribution in [0.5, 0.6) is 0 Å². The monoisotopic (exact) mass is 243 g/mol. The van der Waals surface area contributed by atoms with Gasteiger partial charge in [0.05, 0.1) is 25.4 Å². The quantitative estimate of drug-likeness (QED) is 0.725. The molecule has 0 radical (unpaired) electrons. The molecule has 1 aliphatic carbocycles. The van der Waals surface area contributed by atoms with Crippen molar-refractivity contribution in [3.8, 4) is 0 Å². The van der Waals surface area contributed by atoms with Gasteiger partial charge in [-0.25, -0.2) is 0 Å². The van der Waals surface area contributed by atoms with Crippen molar-refractivity contribution in [2.75, 3.05) is 33.4 Å². The Morgan fingerprint density at radius 2 is 2.18 bits per heavy atom. The molecule has 4 heteroatoms. The van der Waals surface area contributed by atoms with E-state index in [1.54, 1.807) is 0 Å². The standard InChI is InChI=1S/C13H25NO3/c1-14(11-4-2-5-11)8-12(15)9-16-10-13-6-3-7-17-13/h11-13,15H,2-10H2,1H3. The van der Waals surface area contributed by atoms with E-state index < -0.39 is 0 Å². The van der Waals surface area contributed by atoms with E-state index in [2.05, 4.69) is 11.9 Å². The first-order valence-electron chi connectivity index (χ1n) is 6.83. The summed E-state index contributed by atoms with van der Waals surface area (Å²) < 4.78 is 11.0. The molecule has 0 amide bonds. The van der Waals surface area contributed by atoms with Gasteiger partial charge in [-0.05, 0) is 32.7 Å². The highest BCUT2D eigenvalue weighted by atomic mass is 16.5. The van der Waals surface area contributed by atoms with E-state index in [1.807, 2.05) is 0 Å². The van der Waals surface area contributed by atoms with Gasteiger partial charge in [-0.2, -0.15) is 0 Å². The number of nitrogens with zero attached hydrogens (tertiary/aromatic N) is 1. The Labute approximate surface area is 104 Å². The topological polar surface area (TPSA) is 41.9 Å². The average molecular weight is 243 g/mol. The summed E-state index contributed by atoms with van der Waals surface area (Å²) in [6.45, 7) is 2.64. The van der Waals surface area contributed by atoms with Crippen LogP contribution in [0.2, 0.25) is 0 Å². The van der Waals surface area contributed by atoms with E-state index in [0.717, 1.165) is 26.0 Å². The van der Waals surface area contributed by atoms with Crippen LogP contribution in [0.15, 0.2) is 0 Å². The maximum absolute atomic E-state index is 9.85. The van der Waals surface area contributed by atoms with Crippen LogP contribution in [-0.2, 0) is 9.47 Å². The summed E-state index contributed by atoms with van der Waals surface area (Å²) >= 11 is 0. The molecule has 1 N–H and O–H groups in total. The molecule has 1 aliphatic heterocycles. The minimum Gasteiger partial charge on any atom is -0.389 e. The summed E-state index contributed by atoms with van der Waals surface area (Å²) in [5.74, 6) is 0. The van der Waals surface area contributed by atoms with Crippen molar-refractivity contribution in [1.29, 1.82) is 0 Å². The van der Waals surface area contributed by atoms with Gasteiger partial charge in [-0.15, -0.1) is 0 Å². The maximum Gasteiger partial charge on any atom is 0.0900 e. The predicted octanol–water partition coefficient (Wildman–Crippen LogP) is 1.03. The first kappa shape index (κ1) is 13.3. The van der Waals surface area contributed by atoms with Gasteiger partial charge in [-0.3, -0.25) is 0 Å². The Bertz CT molecular complexity index is 215. The lowest BCUT2D eigenvalue weighted by Crippen LogP contribution is -2.42. The van der Waals surface area contributed by atoms with Crippen LogP contribution in [0.1, 0.15) is 32.1 Å². The molecule has 17 heavy (non-hydrogen) atoms. The van der Waals surface area contributed by atoms with Crippen molar-refractivity contribution in [3.63, 3.8) is 0 Å². The first-order chi connectivity index (χ1) is 8.25. The Balaban J connectivity index is 1.52. The second-order valence-electron chi connectivity index (χ2n) is 5.35. The van der Waals surface area contributed by atoms with Crippen molar-refractivity contribution in [2.45, 2.75) is 50.4 Å². The zero-order chi connectivity index (χ0) is 12.1. The van der Waals surface area contributed by atoms with Gasteiger partial charge in [0.25, 0.3) is 0 Å². The highest BCUT2D eigenvalue weighted by molar-refractivity contribution is 4.79. The molecule has 2 unspecified atom stereocenters. The Morgan fingerprint density at radius 3 is 2.76 bits per heavy atom. The van der Waals surface area contributed by atoms with Crippen LogP contribution in [0.25, 0.3) is 0 Å². The van der Waals surface area contributed by atoms with Crippen molar-refractivity contribution in [1.82, 2.24) is 4.90 Å². The van der Waals surface area contributed by atoms with Crippen molar-refractivity contribution in [3.05, 3.63) is 0 Å². The fourth-order valence-corrected chi connectivity index (χ4v) is 2.47. The van der Waals surface area contributed by atoms with Gasteiger partial charge in [-0.1, -0.05) is 6.42 Å². The molecule has 0 aromatic heterocycles. The lowest BCUT2D eigenvalue weighted by Gasteiger charge is -2.35. The second-order valence-corrected chi connectivity index (χ2v) is 5.35. The van der Waals surface area contributed by atoms with Gasteiger partial charge >= 0.3 is 0 Å². The van der Waals surface area contributed by atoms with E-state index in [9.17, 15) is 5.11 Å². The molecule has 2 aliphatic rings. The van der Waals surface area contributed by atoms with Crippen LogP contribution < -0.4 is 0 Å². The molecule has 1 saturated carbocycles. The summed E-state index contributed by atoms with van der Waals surface area (Å²) in [6, 6.07) is 0.683. The van der Waals surface area contributed by atoms with Crippen LogP contribution in [0, 0.1) is 0 Å². The third-order valence-corrected chi connectivity index (χ3v) is 3.83. The summed E-state index contributed by atoms with van der Waals surface area (Å²) in [5.41, 5.74) is 0. The molecular weight excluding hydrogens is 218 g/mol. The van der Waals surface area contributed by atoms with Crippen LogP contribution in [-0.4, -0.2) is 61.7 Å². The zero-order valence-corrected chi connectivity index (χ0v) is 10.8. The van der Waals surface area contributed by atoms with Crippen LogP contribution in [0.3, 0.4) is 0 Å². The molecule has 1 saturated heterocycles. The molecule has 2 fully saturated rings. The molecule has 0 bridgehead atoms. The summed E-state index contributed by atoms with van der Waals surface area (Å²) in [7, 11) is 2.09. The zero-order valence-electron chi connectivity index (χ0n) is 10.8. The molecule has 2 atom stereocenters. The lowest BCUT2D eigenvalue weighted by molar-refractivity contribution is -0.0289. The van der Waals surface area contributed by atoms with E-state index in [-0.39, 0.29) is 12.2 Å². The minimum absolute atomic E-state index is 0.256. The van der Waals surface area contributed by atoms with Crippen molar-refractivity contribution in [2.24, 2.45) is 0 Å². The van der Waals surface area contributed by atoms with Gasteiger partial charge in [0.1, 0.15) is 0 Å². The van der Waals surface area contributed by atoms with Gasteiger partial charge in [0.15, 0.2) is 0 Å². The smallest absolute Gasteiger partial charge is 0.0900 e. The Kier molecular flexibility index (Phi) is 5.22. The van der Waals surface area contributed by atoms with E-state index in [0.29, 0.717) is 19.3 Å². The SMILES string of the molecule is CN(CC(O)COCC1CCCO1)C1CCC1. The van der Waals surface area contributed by atoms with Gasteiger partial charge < -0.3 is 19.5 Å². The van der Waals surface area contributed by atoms with Gasteiger partial charge in [0, 0.05) is 19.2 Å². The minimum atomic E-state index is -0.373. The number of aliphatic hydroxyl groups is 1. The normalized spacial score (nSPS) is 27.4. The highest BCUT2D eigenvalue weighted by Gasteiger charge is 2.23. The number of rotatable bonds is 7. The van der Waals surface area contributed by atoms with Crippen LogP contribution >= 0.6 is 0 Å². The first-order valence-corrected chi connectivity index (χ1v) is 6.83. The summed E-state index contributed by atoms with van der Waals surface area (Å²) in [4.78, 5) is 2.25. The van der Waals surface area contributed by atoms with E-state index in [4.69, 9.17) is 9.47 Å². The fourth-order valence-electron chi connectivity index (χ4n) is 2.47. The van der Waals surface area contributed by atoms with Crippen molar-refractivity contribution >= 4 is 0 Å². The lowest BCUT2D eigenvalue weighted by atomic mass is 9.92. The Hall–Kier alpha value is -0.160. The number of aliphatic hydroxyl groups excluding tert-OH is 1. The summed E-state index contributed by atoms with van der Waals surface area (Å²) in [5, 5.41) is 9.85. The third kappa shape index (κ3) is 4.21. The molecule has 0 aromatic carbocycles. The van der Waals surface area contributed by atoms with Crippen LogP contribution in [0.4, 0.5) is 0 Å². The van der Waals surface area contributed by atoms with Gasteiger partial charge in [0.2, 0.25) is 0 Å². The number of hydrogen-bond donors (Lipinski definition) is 1. The number of likely N-dealkylation sites (N-methyl/N-ethyl adjacent to an activating group) is 1. The number of ether oxygens (including phenoxy) is 2. The molecule has 100 valence electrons. The summed E-state index contributed by atoms with van der Waals surface area (Å²) in [6.07, 6.45) is 6.01. The average Bonchev–Trinajstić information content (AvgIpc) is 2.67. The molecule has 0 spiro atoms. The number of hydrogen-bond acceptors (Lipinski definition) is 4. The fraction of sp³-hybridized carbons (Fsp3) is 1.00. The maximum atomic E-state index is 9.85. The van der Waals surface area contributed by atoms with E-state index >= 15 is 0 Å². The molecular formula is C13H25NO3.